The fourth-order valence-corrected chi connectivity index (χ4v) is 11.5. The van der Waals surface area contributed by atoms with E-state index in [1.54, 1.807) is 80.0 Å². The molecule has 2 bridgehead atoms. The first kappa shape index (κ1) is 56.1. The topological polar surface area (TPSA) is 231 Å². The number of alkyl halides is 3. The molecule has 428 valence electrons. The number of carbonyl (C=O) groups is 2. The third-order valence-electron chi connectivity index (χ3n) is 15.6. The molecule has 3 aliphatic heterocycles. The molecule has 0 unspecified atom stereocenters. The van der Waals surface area contributed by atoms with Crippen LogP contribution in [0.5, 0.6) is 11.8 Å². The lowest BCUT2D eigenvalue weighted by Crippen LogP contribution is -2.50. The Kier molecular flexibility index (Phi) is 15.6. The lowest BCUT2D eigenvalue weighted by Gasteiger charge is -2.30. The molecule has 11 rings (SSSR count). The molecule has 0 radical (unpaired) electrons. The minimum atomic E-state index is -4.98. The van der Waals surface area contributed by atoms with Crippen molar-refractivity contribution in [2.24, 2.45) is 5.92 Å². The summed E-state index contributed by atoms with van der Waals surface area (Å²) in [5.74, 6) is -2.18. The summed E-state index contributed by atoms with van der Waals surface area (Å²) in [5, 5.41) is 43.9. The number of fused-ring (bicyclic) bond motifs is 4. The Bertz CT molecular complexity index is 3680. The van der Waals surface area contributed by atoms with Crippen molar-refractivity contribution in [3.8, 4) is 45.4 Å². The lowest BCUT2D eigenvalue weighted by atomic mass is 9.90. The molecule has 0 spiro atoms. The number of aromatic amines is 1. The Labute approximate surface area is 473 Å². The first-order valence-corrected chi connectivity index (χ1v) is 27.2. The number of β-amino-alcohol motifs (C(OH)–C–C–N with tert-alkyl or cyclic N) is 1. The van der Waals surface area contributed by atoms with Crippen molar-refractivity contribution in [3.05, 3.63) is 124 Å². The first-order valence-electron chi connectivity index (χ1n) is 26.9. The Morgan fingerprint density at radius 3 is 2.41 bits per heavy atom. The summed E-state index contributed by atoms with van der Waals surface area (Å²) >= 11 is 6.35. The van der Waals surface area contributed by atoms with E-state index in [0.29, 0.717) is 46.2 Å². The number of anilines is 1. The summed E-state index contributed by atoms with van der Waals surface area (Å²) in [6, 6.07) is 16.7. The fourth-order valence-electron chi connectivity index (χ4n) is 11.3. The van der Waals surface area contributed by atoms with Crippen LogP contribution in [0.15, 0.2) is 91.4 Å². The molecule has 5 N–H and O–H groups in total. The van der Waals surface area contributed by atoms with Gasteiger partial charge in [-0.25, -0.2) is 9.07 Å². The number of ether oxygens (including phenoxy) is 3. The summed E-state index contributed by atoms with van der Waals surface area (Å²) in [6.45, 7) is 7.13. The Morgan fingerprint density at radius 1 is 0.963 bits per heavy atom. The number of pyridine rings is 1. The number of aliphatic hydroxyl groups excluding tert-OH is 2. The maximum absolute atomic E-state index is 15.9. The monoisotopic (exact) mass is 1150 g/mol. The molecule has 4 aromatic carbocycles. The van der Waals surface area contributed by atoms with Crippen LogP contribution >= 0.6 is 11.6 Å². The van der Waals surface area contributed by atoms with Crippen molar-refractivity contribution in [1.29, 1.82) is 0 Å². The maximum atomic E-state index is 15.9. The van der Waals surface area contributed by atoms with Crippen LogP contribution in [0, 0.1) is 18.7 Å². The van der Waals surface area contributed by atoms with E-state index in [-0.39, 0.29) is 101 Å². The van der Waals surface area contributed by atoms with Crippen LogP contribution in [0.4, 0.5) is 23.4 Å². The summed E-state index contributed by atoms with van der Waals surface area (Å²) < 4.78 is 83.0. The van der Waals surface area contributed by atoms with Crippen LogP contribution in [0.25, 0.3) is 55.4 Å². The van der Waals surface area contributed by atoms with Gasteiger partial charge >= 0.3 is 12.2 Å². The minimum Gasteiger partial charge on any atom is -0.486 e. The molecule has 8 aromatic rings. The molecule has 0 aliphatic carbocycles. The molecular weight excluding hydrogens is 1090 g/mol. The van der Waals surface area contributed by atoms with Gasteiger partial charge in [0.2, 0.25) is 11.8 Å². The Morgan fingerprint density at radius 2 is 1.73 bits per heavy atom. The van der Waals surface area contributed by atoms with Gasteiger partial charge in [0.05, 0.1) is 59.0 Å². The van der Waals surface area contributed by atoms with Crippen molar-refractivity contribution in [3.63, 3.8) is 0 Å². The van der Waals surface area contributed by atoms with E-state index in [1.807, 2.05) is 18.7 Å². The van der Waals surface area contributed by atoms with Gasteiger partial charge < -0.3 is 44.9 Å². The van der Waals surface area contributed by atoms with Crippen LogP contribution in [0.2, 0.25) is 5.02 Å². The molecule has 7 atom stereocenters. The highest BCUT2D eigenvalue weighted by molar-refractivity contribution is 6.33. The number of nitrogens with zero attached hydrogens (tertiary/aromatic N) is 9. The first-order chi connectivity index (χ1) is 39.4. The van der Waals surface area contributed by atoms with Crippen molar-refractivity contribution in [2.45, 2.75) is 95.7 Å². The van der Waals surface area contributed by atoms with Gasteiger partial charge in [0.1, 0.15) is 48.1 Å². The summed E-state index contributed by atoms with van der Waals surface area (Å²) in [7, 11) is 1.52. The summed E-state index contributed by atoms with van der Waals surface area (Å²) in [6.07, 6.45) is -1.05. The van der Waals surface area contributed by atoms with Crippen molar-refractivity contribution in [1.82, 2.24) is 55.7 Å². The fraction of sp³-hybridized carbons (Fsp3) is 0.379. The van der Waals surface area contributed by atoms with Gasteiger partial charge in [-0.2, -0.15) is 28.2 Å². The molecule has 3 aliphatic rings. The van der Waals surface area contributed by atoms with Gasteiger partial charge in [0, 0.05) is 84.5 Å². The number of likely N-dealkylation sites (tertiary alicyclic amines) is 1. The van der Waals surface area contributed by atoms with Gasteiger partial charge in [-0.05, 0) is 67.1 Å². The number of halogens is 5. The smallest absolute Gasteiger partial charge is 0.417 e. The molecule has 3 fully saturated rings. The minimum absolute atomic E-state index is 0.0193. The van der Waals surface area contributed by atoms with Gasteiger partial charge in [-0.15, -0.1) is 5.10 Å². The zero-order valence-electron chi connectivity index (χ0n) is 45.3. The molecule has 0 saturated carbocycles. The average molecular weight is 1150 g/mol. The van der Waals surface area contributed by atoms with Crippen molar-refractivity contribution >= 4 is 51.0 Å². The Hall–Kier alpha value is -7.83. The molecule has 7 heterocycles. The average Bonchev–Trinajstić information content (AvgIpc) is 4.51. The van der Waals surface area contributed by atoms with Crippen LogP contribution in [0.1, 0.15) is 68.0 Å². The SMILES string of the molecule is CO[C@@H](C)COc1nc(N2C[C@@H]3C[C@H]2CN3)c2cc(C(F)(F)F)c(-c3c(C)c(F)cc4[nH]ncc34)c(OCc3ccc(-c4cn([C@H](C(=O)N5C[C@H](O)C[C@H]5C(=O)N[C@@H](CO)c5ccc(-c6ncccc6Cl)cc5)C(C)C)nn4)cc3)c2n1. The molecule has 82 heavy (non-hydrogen) atoms. The summed E-state index contributed by atoms with van der Waals surface area (Å²) in [4.78, 5) is 45.7. The highest BCUT2D eigenvalue weighted by atomic mass is 35.5. The number of piperazine rings is 1. The standard InChI is InChI=1S/C58H59ClF4N12O7/c1-29(2)52(56(79)74-24-38(77)18-47(74)55(78)67-46(26-76)34-12-14-35(15-13-34)50-42(59)7-6-16-64-50)75-25-45(71-72-75)33-10-8-32(9-11-33)28-81-53-49(48-31(4)43(60)20-44-40(48)22-66-70-44)41(58(61,62)63)19-39-51(53)68-57(82-27-30(3)80-5)69-54(39)73-23-36-17-37(73)21-65-36/h6-16,19-20,22,25,29-30,36-38,46-47,52,65,76-77H,17-18,21,23-24,26-28H2,1-5H3,(H,66,70)(H,67,78)/t30-,36-,37-,38+,46-,47-,52-/m0/s1. The number of methoxy groups -OCH3 is 1. The zero-order chi connectivity index (χ0) is 57.7. The van der Waals surface area contributed by atoms with Crippen LogP contribution < -0.4 is 25.0 Å². The molecule has 2 amide bonds. The quantitative estimate of drug-likeness (QED) is 0.0510. The van der Waals surface area contributed by atoms with E-state index >= 15 is 17.6 Å². The van der Waals surface area contributed by atoms with E-state index in [9.17, 15) is 19.8 Å². The van der Waals surface area contributed by atoms with E-state index < -0.39 is 65.8 Å². The number of hydrogen-bond acceptors (Lipinski definition) is 15. The predicted octanol–water partition coefficient (Wildman–Crippen LogP) is 8.17. The number of amides is 2. The Balaban J connectivity index is 0.878. The van der Waals surface area contributed by atoms with Crippen molar-refractivity contribution in [2.75, 3.05) is 44.9 Å². The van der Waals surface area contributed by atoms with Crippen LogP contribution in [0.3, 0.4) is 0 Å². The van der Waals surface area contributed by atoms with Gasteiger partial charge in [-0.3, -0.25) is 19.7 Å². The lowest BCUT2D eigenvalue weighted by molar-refractivity contribution is -0.142. The molecule has 4 aromatic heterocycles. The van der Waals surface area contributed by atoms with E-state index in [1.165, 1.54) is 35.9 Å². The molecular formula is C58H59ClF4N12O7. The largest absolute Gasteiger partial charge is 0.486 e. The van der Waals surface area contributed by atoms with Crippen LogP contribution in [-0.2, 0) is 27.1 Å². The summed E-state index contributed by atoms with van der Waals surface area (Å²) in [5.41, 5.74) is 1.94. The molecule has 19 nitrogen and oxygen atoms in total. The van der Waals surface area contributed by atoms with Crippen molar-refractivity contribution < 1.29 is 51.6 Å². The number of hydrogen-bond donors (Lipinski definition) is 5. The van der Waals surface area contributed by atoms with E-state index in [2.05, 4.69) is 36.1 Å². The molecule has 3 saturated heterocycles. The predicted molar refractivity (Wildman–Crippen MR) is 296 cm³/mol. The van der Waals surface area contributed by atoms with Gasteiger partial charge in [0.15, 0.2) is 5.75 Å². The van der Waals surface area contributed by atoms with Gasteiger partial charge in [0.25, 0.3) is 0 Å². The zero-order valence-corrected chi connectivity index (χ0v) is 46.0. The third kappa shape index (κ3) is 10.9. The number of aromatic nitrogens is 8. The van der Waals surface area contributed by atoms with Crippen LogP contribution in [-0.4, -0.2) is 137 Å². The second-order valence-corrected chi connectivity index (χ2v) is 21.8. The maximum Gasteiger partial charge on any atom is 0.417 e. The highest BCUT2D eigenvalue weighted by Crippen LogP contribution is 2.51. The number of carbonyl (C=O) groups excluding carboxylic acids is 2. The number of nitrogens with one attached hydrogen (secondary N) is 3. The second-order valence-electron chi connectivity index (χ2n) is 21.4. The van der Waals surface area contributed by atoms with Gasteiger partial charge in [-0.1, -0.05) is 79.2 Å². The number of rotatable bonds is 18. The number of H-pyrrole nitrogens is 1. The third-order valence-corrected chi connectivity index (χ3v) is 15.9. The highest BCUT2D eigenvalue weighted by Gasteiger charge is 2.45. The van der Waals surface area contributed by atoms with E-state index in [0.717, 1.165) is 18.1 Å². The number of aliphatic hydroxyl groups is 2. The van der Waals surface area contributed by atoms with E-state index in [4.69, 9.17) is 35.8 Å². The molecule has 24 heteroatoms. The second kappa shape index (κ2) is 22.8. The normalized spacial score (nSPS) is 19.1. The number of benzene rings is 4.